The van der Waals surface area contributed by atoms with Crippen LogP contribution in [0.4, 0.5) is 0 Å². The van der Waals surface area contributed by atoms with E-state index in [2.05, 4.69) is 48.4 Å². The number of thioether (sulfide) groups is 1. The summed E-state index contributed by atoms with van der Waals surface area (Å²) in [5, 5.41) is 15.6. The summed E-state index contributed by atoms with van der Waals surface area (Å²) in [6.45, 7) is 9.80. The summed E-state index contributed by atoms with van der Waals surface area (Å²) in [5.74, 6) is 1.88. The zero-order valence-corrected chi connectivity index (χ0v) is 12.2. The summed E-state index contributed by atoms with van der Waals surface area (Å²) in [4.78, 5) is 1.51. The topological polar surface area (TPSA) is 55.6 Å². The van der Waals surface area contributed by atoms with Crippen molar-refractivity contribution in [2.75, 3.05) is 12.3 Å². The lowest BCUT2D eigenvalue weighted by molar-refractivity contribution is 0.554. The summed E-state index contributed by atoms with van der Waals surface area (Å²) in [6, 6.07) is 0.411. The highest BCUT2D eigenvalue weighted by molar-refractivity contribution is 8.00. The van der Waals surface area contributed by atoms with Crippen molar-refractivity contribution >= 4 is 11.8 Å². The minimum atomic E-state index is 0.295. The van der Waals surface area contributed by atoms with E-state index in [1.165, 1.54) is 4.80 Å². The zero-order chi connectivity index (χ0) is 12.9. The minimum absolute atomic E-state index is 0.295. The van der Waals surface area contributed by atoms with Gasteiger partial charge in [-0.15, -0.1) is 10.2 Å². The van der Waals surface area contributed by atoms with Gasteiger partial charge in [0.15, 0.2) is 5.82 Å². The van der Waals surface area contributed by atoms with Crippen molar-refractivity contribution in [3.05, 3.63) is 5.82 Å². The molecule has 1 atom stereocenters. The van der Waals surface area contributed by atoms with Gasteiger partial charge in [0.25, 0.3) is 0 Å². The molecule has 0 amide bonds. The molecule has 1 unspecified atom stereocenters. The first kappa shape index (κ1) is 14.4. The van der Waals surface area contributed by atoms with Crippen molar-refractivity contribution in [3.63, 3.8) is 0 Å². The number of hydrogen-bond donors (Lipinski definition) is 1. The van der Waals surface area contributed by atoms with Crippen LogP contribution in [-0.2, 0) is 13.5 Å². The first-order valence-corrected chi connectivity index (χ1v) is 6.99. The van der Waals surface area contributed by atoms with Gasteiger partial charge in [-0.1, -0.05) is 27.7 Å². The van der Waals surface area contributed by atoms with E-state index in [4.69, 9.17) is 0 Å². The summed E-state index contributed by atoms with van der Waals surface area (Å²) in [6.07, 6.45) is 0.838. The molecule has 6 heteroatoms. The number of aryl methyl sites for hydroxylation is 1. The number of aromatic nitrogens is 4. The largest absolute Gasteiger partial charge is 0.313 e. The van der Waals surface area contributed by atoms with Crippen LogP contribution in [0.25, 0.3) is 0 Å². The maximum atomic E-state index is 4.22. The van der Waals surface area contributed by atoms with Gasteiger partial charge < -0.3 is 5.32 Å². The fraction of sp³-hybridized carbons (Fsp3) is 0.909. The Morgan fingerprint density at radius 1 is 1.41 bits per heavy atom. The molecule has 98 valence electrons. The van der Waals surface area contributed by atoms with Gasteiger partial charge in [-0.2, -0.15) is 16.6 Å². The van der Waals surface area contributed by atoms with Crippen LogP contribution in [0.1, 0.15) is 33.5 Å². The maximum absolute atomic E-state index is 4.22. The van der Waals surface area contributed by atoms with Crippen molar-refractivity contribution in [2.45, 2.75) is 44.9 Å². The molecule has 17 heavy (non-hydrogen) atoms. The van der Waals surface area contributed by atoms with Crippen molar-refractivity contribution in [1.82, 2.24) is 25.5 Å². The van der Waals surface area contributed by atoms with Crippen molar-refractivity contribution < 1.29 is 0 Å². The molecule has 1 rings (SSSR count). The molecule has 0 aromatic carbocycles. The molecular formula is C11H23N5S. The lowest BCUT2D eigenvalue weighted by Crippen LogP contribution is -2.34. The average Bonchev–Trinajstić information content (AvgIpc) is 2.60. The zero-order valence-electron chi connectivity index (χ0n) is 11.4. The van der Waals surface area contributed by atoms with E-state index < -0.39 is 0 Å². The van der Waals surface area contributed by atoms with Gasteiger partial charge >= 0.3 is 0 Å². The van der Waals surface area contributed by atoms with Crippen LogP contribution >= 0.6 is 11.8 Å². The van der Waals surface area contributed by atoms with Crippen molar-refractivity contribution in [1.29, 1.82) is 0 Å². The second-order valence-corrected chi connectivity index (χ2v) is 6.92. The van der Waals surface area contributed by atoms with E-state index >= 15 is 0 Å². The molecule has 0 fully saturated rings. The van der Waals surface area contributed by atoms with Crippen LogP contribution in [0.3, 0.4) is 0 Å². The minimum Gasteiger partial charge on any atom is -0.313 e. The Hall–Kier alpha value is -0.620. The van der Waals surface area contributed by atoms with Gasteiger partial charge in [-0.3, -0.25) is 0 Å². The molecule has 0 aliphatic heterocycles. The Kier molecular flexibility index (Phi) is 5.39. The first-order chi connectivity index (χ1) is 7.90. The van der Waals surface area contributed by atoms with Gasteiger partial charge in [0, 0.05) is 23.0 Å². The molecule has 0 saturated carbocycles. The number of likely N-dealkylation sites (N-methyl/N-ethyl adjacent to an activating group) is 1. The van der Waals surface area contributed by atoms with E-state index in [1.54, 1.807) is 7.05 Å². The molecule has 0 spiro atoms. The van der Waals surface area contributed by atoms with Gasteiger partial charge in [-0.25, -0.2) is 0 Å². The second-order valence-electron chi connectivity index (χ2n) is 5.08. The Morgan fingerprint density at radius 3 is 2.59 bits per heavy atom. The fourth-order valence-electron chi connectivity index (χ4n) is 1.45. The number of nitrogens with one attached hydrogen (secondary N) is 1. The monoisotopic (exact) mass is 257 g/mol. The van der Waals surface area contributed by atoms with Crippen LogP contribution in [0.15, 0.2) is 0 Å². The van der Waals surface area contributed by atoms with Crippen LogP contribution in [-0.4, -0.2) is 43.3 Å². The summed E-state index contributed by atoms with van der Waals surface area (Å²) >= 11 is 1.96. The molecule has 0 bridgehead atoms. The average molecular weight is 257 g/mol. The van der Waals surface area contributed by atoms with Gasteiger partial charge in [0.1, 0.15) is 0 Å². The second kappa shape index (κ2) is 6.35. The number of tetrazole rings is 1. The molecule has 0 aliphatic rings. The van der Waals surface area contributed by atoms with E-state index in [9.17, 15) is 0 Å². The lowest BCUT2D eigenvalue weighted by Gasteiger charge is -2.22. The quantitative estimate of drug-likeness (QED) is 0.831. The van der Waals surface area contributed by atoms with E-state index in [1.807, 2.05) is 11.8 Å². The van der Waals surface area contributed by atoms with Gasteiger partial charge in [0.05, 0.1) is 7.05 Å². The third kappa shape index (κ3) is 6.02. The fourth-order valence-corrected chi connectivity index (χ4v) is 2.39. The Bertz CT molecular complexity index is 331. The van der Waals surface area contributed by atoms with Gasteiger partial charge in [0.2, 0.25) is 0 Å². The van der Waals surface area contributed by atoms with Crippen LogP contribution < -0.4 is 5.32 Å². The molecule has 1 N–H and O–H groups in total. The SMILES string of the molecule is CCNC(CSC(C)(C)C)Cc1nnn(C)n1. The summed E-state index contributed by atoms with van der Waals surface area (Å²) in [7, 11) is 1.79. The van der Waals surface area contributed by atoms with E-state index in [0.717, 1.165) is 24.5 Å². The van der Waals surface area contributed by atoms with Crippen LogP contribution in [0, 0.1) is 0 Å². The Balaban J connectivity index is 2.48. The summed E-state index contributed by atoms with van der Waals surface area (Å²) < 4.78 is 0.295. The predicted octanol–water partition coefficient (Wildman–Crippen LogP) is 1.26. The predicted molar refractivity (Wildman–Crippen MR) is 72.2 cm³/mol. The normalized spacial score (nSPS) is 13.9. The number of hydrogen-bond acceptors (Lipinski definition) is 5. The van der Waals surface area contributed by atoms with Crippen molar-refractivity contribution in [3.8, 4) is 0 Å². The van der Waals surface area contributed by atoms with Crippen molar-refractivity contribution in [2.24, 2.45) is 7.05 Å². The Morgan fingerprint density at radius 2 is 2.12 bits per heavy atom. The molecule has 5 nitrogen and oxygen atoms in total. The lowest BCUT2D eigenvalue weighted by atomic mass is 10.2. The third-order valence-electron chi connectivity index (χ3n) is 2.19. The van der Waals surface area contributed by atoms with Crippen LogP contribution in [0.5, 0.6) is 0 Å². The maximum Gasteiger partial charge on any atom is 0.176 e. The molecule has 1 aromatic rings. The van der Waals surface area contributed by atoms with E-state index in [-0.39, 0.29) is 0 Å². The van der Waals surface area contributed by atoms with Crippen LogP contribution in [0.2, 0.25) is 0 Å². The molecule has 0 radical (unpaired) electrons. The summed E-state index contributed by atoms with van der Waals surface area (Å²) in [5.41, 5.74) is 0. The first-order valence-electron chi connectivity index (χ1n) is 6.01. The highest BCUT2D eigenvalue weighted by Gasteiger charge is 2.17. The Labute approximate surface area is 108 Å². The van der Waals surface area contributed by atoms with Gasteiger partial charge in [-0.05, 0) is 11.8 Å². The molecular weight excluding hydrogens is 234 g/mol. The highest BCUT2D eigenvalue weighted by atomic mass is 32.2. The molecule has 0 aliphatic carbocycles. The third-order valence-corrected chi connectivity index (χ3v) is 3.62. The molecule has 0 saturated heterocycles. The number of rotatable bonds is 6. The molecule has 1 heterocycles. The standard InChI is InChI=1S/C11H23N5S/c1-6-12-9(8-17-11(2,3)4)7-10-13-15-16(5)14-10/h9,12H,6-8H2,1-5H3. The number of nitrogens with zero attached hydrogens (tertiary/aromatic N) is 4. The highest BCUT2D eigenvalue weighted by Crippen LogP contribution is 2.24. The smallest absolute Gasteiger partial charge is 0.176 e. The molecule has 1 aromatic heterocycles. The van der Waals surface area contributed by atoms with E-state index in [0.29, 0.717) is 10.8 Å².